The molecule has 0 aromatic rings. The van der Waals surface area contributed by atoms with Crippen LogP contribution in [0.4, 0.5) is 4.39 Å². The van der Waals surface area contributed by atoms with Crippen molar-refractivity contribution < 1.29 is 4.39 Å². The van der Waals surface area contributed by atoms with Gasteiger partial charge in [-0.25, -0.2) is 4.39 Å². The zero-order valence-corrected chi connectivity index (χ0v) is 9.51. The molecule has 0 spiro atoms. The molecular weight excluding hydrogens is 197 g/mol. The minimum absolute atomic E-state index is 0.116. The summed E-state index contributed by atoms with van der Waals surface area (Å²) in [7, 11) is 0. The van der Waals surface area contributed by atoms with Crippen LogP contribution >= 0.6 is 12.8 Å². The van der Waals surface area contributed by atoms with Crippen LogP contribution in [0.3, 0.4) is 0 Å². The summed E-state index contributed by atoms with van der Waals surface area (Å²) in [5.74, 6) is 0.310. The van der Waals surface area contributed by atoms with Gasteiger partial charge in [0.15, 0.2) is 0 Å². The Morgan fingerprint density at radius 2 is 2.43 bits per heavy atom. The van der Waals surface area contributed by atoms with Crippen LogP contribution in [0.1, 0.15) is 26.2 Å². The van der Waals surface area contributed by atoms with Gasteiger partial charge in [-0.2, -0.15) is 0 Å². The lowest BCUT2D eigenvalue weighted by Crippen LogP contribution is -2.20. The van der Waals surface area contributed by atoms with Crippen molar-refractivity contribution in [3.05, 3.63) is 24.1 Å². The Morgan fingerprint density at radius 1 is 1.64 bits per heavy atom. The Hall–Kier alpha value is -0.280. The molecule has 0 saturated carbocycles. The molecule has 0 fully saturated rings. The van der Waals surface area contributed by atoms with Crippen molar-refractivity contribution in [2.45, 2.75) is 26.2 Å². The fourth-order valence-corrected chi connectivity index (χ4v) is 1.95. The lowest BCUT2D eigenvalue weighted by molar-refractivity contribution is 0.406. The van der Waals surface area contributed by atoms with Gasteiger partial charge in [-0.1, -0.05) is 32.2 Å². The average Bonchev–Trinajstić information content (AvgIpc) is 2.20. The zero-order valence-electron chi connectivity index (χ0n) is 8.62. The van der Waals surface area contributed by atoms with Crippen molar-refractivity contribution in [1.29, 1.82) is 0 Å². The highest BCUT2D eigenvalue weighted by Gasteiger charge is 2.09. The van der Waals surface area contributed by atoms with Gasteiger partial charge in [-0.05, 0) is 30.9 Å². The first kappa shape index (κ1) is 11.8. The van der Waals surface area contributed by atoms with Crippen LogP contribution in [0.25, 0.3) is 0 Å². The molecule has 3 heteroatoms. The van der Waals surface area contributed by atoms with Crippen LogP contribution in [0.2, 0.25) is 0 Å². The van der Waals surface area contributed by atoms with Crippen molar-refractivity contribution in [3.63, 3.8) is 0 Å². The second kappa shape index (κ2) is 6.25. The van der Waals surface area contributed by atoms with Crippen LogP contribution in [0.5, 0.6) is 0 Å². The number of hydrogen-bond acceptors (Lipinski definition) is 2. The highest BCUT2D eigenvalue weighted by molar-refractivity contribution is 7.77. The number of nitrogens with zero attached hydrogens (tertiary/aromatic N) is 1. The van der Waals surface area contributed by atoms with Crippen LogP contribution in [0, 0.1) is 5.92 Å². The third kappa shape index (κ3) is 4.29. The maximum Gasteiger partial charge on any atom is 0.118 e. The highest BCUT2D eigenvalue weighted by Crippen LogP contribution is 2.16. The van der Waals surface area contributed by atoms with E-state index in [0.717, 1.165) is 32.4 Å². The summed E-state index contributed by atoms with van der Waals surface area (Å²) in [6, 6.07) is 0. The van der Waals surface area contributed by atoms with Crippen LogP contribution in [0.15, 0.2) is 24.1 Å². The standard InChI is InChI=1S/C11H18FNS/c1-2-4-10-6-7-11(12)5-3-8-13(14)9-10/h5-7,10,14H,2-4,8-9H2,1H3. The molecule has 0 radical (unpaired) electrons. The smallest absolute Gasteiger partial charge is 0.118 e. The maximum absolute atomic E-state index is 13.1. The van der Waals surface area contributed by atoms with E-state index in [4.69, 9.17) is 0 Å². The fraction of sp³-hybridized carbons (Fsp3) is 0.636. The van der Waals surface area contributed by atoms with Gasteiger partial charge in [0.05, 0.1) is 0 Å². The van der Waals surface area contributed by atoms with Gasteiger partial charge in [-0.3, -0.25) is 4.31 Å². The third-order valence-corrected chi connectivity index (χ3v) is 2.72. The molecule has 0 N–H and O–H groups in total. The van der Waals surface area contributed by atoms with Crippen LogP contribution in [-0.2, 0) is 0 Å². The normalized spacial score (nSPS) is 25.1. The van der Waals surface area contributed by atoms with E-state index >= 15 is 0 Å². The molecule has 80 valence electrons. The second-order valence-corrected chi connectivity index (χ2v) is 4.26. The molecule has 0 aromatic carbocycles. The lowest BCUT2D eigenvalue weighted by Gasteiger charge is -2.19. The molecule has 1 aliphatic heterocycles. The number of rotatable bonds is 2. The van der Waals surface area contributed by atoms with Gasteiger partial charge in [0.25, 0.3) is 0 Å². The molecule has 14 heavy (non-hydrogen) atoms. The third-order valence-electron chi connectivity index (χ3n) is 2.36. The first-order valence-corrected chi connectivity index (χ1v) is 5.60. The molecule has 0 aromatic heterocycles. The van der Waals surface area contributed by atoms with Gasteiger partial charge in [0.1, 0.15) is 5.83 Å². The SMILES string of the molecule is CCCC1C=CC(F)=CCCN(S)C1. The first-order valence-electron chi connectivity index (χ1n) is 5.20. The van der Waals surface area contributed by atoms with E-state index in [1.165, 1.54) is 0 Å². The topological polar surface area (TPSA) is 3.24 Å². The Balaban J connectivity index is 2.61. The van der Waals surface area contributed by atoms with E-state index in [-0.39, 0.29) is 5.83 Å². The van der Waals surface area contributed by atoms with E-state index in [0.29, 0.717) is 5.92 Å². The van der Waals surface area contributed by atoms with Crippen molar-refractivity contribution in [2.75, 3.05) is 13.1 Å². The Kier molecular flexibility index (Phi) is 5.26. The van der Waals surface area contributed by atoms with E-state index in [9.17, 15) is 4.39 Å². The first-order chi connectivity index (χ1) is 6.72. The maximum atomic E-state index is 13.1. The lowest BCUT2D eigenvalue weighted by atomic mass is 10.0. The van der Waals surface area contributed by atoms with Gasteiger partial charge in [0.2, 0.25) is 0 Å². The number of halogens is 1. The largest absolute Gasteiger partial charge is 0.252 e. The predicted octanol–water partition coefficient (Wildman–Crippen LogP) is 3.36. The van der Waals surface area contributed by atoms with Crippen molar-refractivity contribution in [1.82, 2.24) is 4.31 Å². The number of thiol groups is 1. The summed E-state index contributed by atoms with van der Waals surface area (Å²) in [6.45, 7) is 3.88. The Morgan fingerprint density at radius 3 is 3.14 bits per heavy atom. The molecule has 1 heterocycles. The molecule has 1 atom stereocenters. The molecule has 1 rings (SSSR count). The number of hydrogen-bond donors (Lipinski definition) is 1. The van der Waals surface area contributed by atoms with E-state index < -0.39 is 0 Å². The van der Waals surface area contributed by atoms with Gasteiger partial charge >= 0.3 is 0 Å². The average molecular weight is 215 g/mol. The monoisotopic (exact) mass is 215 g/mol. The predicted molar refractivity (Wildman–Crippen MR) is 61.9 cm³/mol. The number of allylic oxidation sites excluding steroid dienone is 2. The van der Waals surface area contributed by atoms with Crippen LogP contribution < -0.4 is 0 Å². The van der Waals surface area contributed by atoms with E-state index in [2.05, 4.69) is 19.7 Å². The molecule has 0 saturated heterocycles. The van der Waals surface area contributed by atoms with Crippen molar-refractivity contribution >= 4 is 12.8 Å². The summed E-state index contributed by atoms with van der Waals surface area (Å²) in [5.41, 5.74) is 0. The molecule has 1 unspecified atom stereocenters. The minimum atomic E-state index is -0.116. The molecule has 0 amide bonds. The van der Waals surface area contributed by atoms with E-state index in [1.807, 2.05) is 10.4 Å². The molecule has 0 bridgehead atoms. The van der Waals surface area contributed by atoms with Gasteiger partial charge in [0, 0.05) is 13.1 Å². The summed E-state index contributed by atoms with van der Waals surface area (Å²) >= 11 is 4.36. The van der Waals surface area contributed by atoms with Crippen molar-refractivity contribution in [2.24, 2.45) is 5.92 Å². The van der Waals surface area contributed by atoms with Crippen molar-refractivity contribution in [3.8, 4) is 0 Å². The van der Waals surface area contributed by atoms with Gasteiger partial charge in [-0.15, -0.1) is 0 Å². The molecule has 0 aliphatic carbocycles. The molecule has 1 aliphatic rings. The molecular formula is C11H18FNS. The van der Waals surface area contributed by atoms with E-state index in [1.54, 1.807) is 12.2 Å². The summed E-state index contributed by atoms with van der Waals surface area (Å²) in [6.07, 6.45) is 8.13. The summed E-state index contributed by atoms with van der Waals surface area (Å²) in [5, 5.41) is 0. The van der Waals surface area contributed by atoms with Gasteiger partial charge < -0.3 is 0 Å². The molecule has 1 nitrogen and oxygen atoms in total. The second-order valence-electron chi connectivity index (χ2n) is 3.70. The quantitative estimate of drug-likeness (QED) is 0.691. The highest BCUT2D eigenvalue weighted by atomic mass is 32.1. The Bertz CT molecular complexity index is 225. The minimum Gasteiger partial charge on any atom is -0.252 e. The summed E-state index contributed by atoms with van der Waals surface area (Å²) in [4.78, 5) is 0. The van der Waals surface area contributed by atoms with Crippen LogP contribution in [-0.4, -0.2) is 17.4 Å². The zero-order chi connectivity index (χ0) is 10.4. The fourth-order valence-electron chi connectivity index (χ4n) is 1.63. The summed E-state index contributed by atoms with van der Waals surface area (Å²) < 4.78 is 15.0. The Labute approximate surface area is 91.2 Å².